The lowest BCUT2D eigenvalue weighted by Gasteiger charge is -2.27. The number of nitrogens with zero attached hydrogens (tertiary/aromatic N) is 2. The van der Waals surface area contributed by atoms with Crippen molar-refractivity contribution in [2.45, 2.75) is 45.6 Å². The summed E-state index contributed by atoms with van der Waals surface area (Å²) in [5, 5.41) is 16.5. The van der Waals surface area contributed by atoms with Crippen molar-refractivity contribution < 1.29 is 9.90 Å². The van der Waals surface area contributed by atoms with Crippen LogP contribution in [0.4, 0.5) is 0 Å². The first-order chi connectivity index (χ1) is 9.61. The highest BCUT2D eigenvalue weighted by Crippen LogP contribution is 2.30. The lowest BCUT2D eigenvalue weighted by molar-refractivity contribution is 0.0695. The molecule has 0 atom stereocenters. The first-order valence-corrected chi connectivity index (χ1v) is 7.56. The van der Waals surface area contributed by atoms with E-state index >= 15 is 0 Å². The largest absolute Gasteiger partial charge is 0.478 e. The molecule has 0 spiro atoms. The molecule has 20 heavy (non-hydrogen) atoms. The van der Waals surface area contributed by atoms with E-state index in [1.165, 1.54) is 38.3 Å². The monoisotopic (exact) mass is 279 g/mol. The molecule has 0 radical (unpaired) electrons. The maximum absolute atomic E-state index is 11.1. The zero-order valence-electron chi connectivity index (χ0n) is 12.4. The Morgan fingerprint density at radius 1 is 1.40 bits per heavy atom. The van der Waals surface area contributed by atoms with Crippen molar-refractivity contribution in [1.29, 1.82) is 0 Å². The Kier molecular flexibility index (Phi) is 5.17. The first-order valence-electron chi connectivity index (χ1n) is 7.56. The van der Waals surface area contributed by atoms with Crippen LogP contribution < -0.4 is 5.32 Å². The van der Waals surface area contributed by atoms with Crippen molar-refractivity contribution in [2.24, 2.45) is 18.9 Å². The van der Waals surface area contributed by atoms with Crippen molar-refractivity contribution in [3.63, 3.8) is 0 Å². The highest BCUT2D eigenvalue weighted by atomic mass is 16.4. The molecule has 1 aliphatic carbocycles. The summed E-state index contributed by atoms with van der Waals surface area (Å²) in [5.74, 6) is 0.750. The average molecular weight is 279 g/mol. The predicted octanol–water partition coefficient (Wildman–Crippen LogP) is 2.42. The van der Waals surface area contributed by atoms with Crippen LogP contribution >= 0.6 is 0 Å². The standard InChI is InChI=1S/C15H25N3O2/c1-3-11-4-6-12(7-5-11)8-16-10-14-13(15(19)20)9-17-18(14)2/h9,11-12,16H,3-8,10H2,1-2H3,(H,19,20). The van der Waals surface area contributed by atoms with E-state index < -0.39 is 5.97 Å². The van der Waals surface area contributed by atoms with E-state index in [1.54, 1.807) is 11.7 Å². The van der Waals surface area contributed by atoms with Gasteiger partial charge in [-0.15, -0.1) is 0 Å². The van der Waals surface area contributed by atoms with Gasteiger partial charge in [-0.1, -0.05) is 26.2 Å². The maximum atomic E-state index is 11.1. The zero-order chi connectivity index (χ0) is 14.5. The molecular weight excluding hydrogens is 254 g/mol. The van der Waals surface area contributed by atoms with Gasteiger partial charge in [0.15, 0.2) is 0 Å². The molecular formula is C15H25N3O2. The Morgan fingerprint density at radius 3 is 2.65 bits per heavy atom. The number of hydrogen-bond donors (Lipinski definition) is 2. The second kappa shape index (κ2) is 6.88. The molecule has 0 bridgehead atoms. The molecule has 1 aromatic heterocycles. The predicted molar refractivity (Wildman–Crippen MR) is 77.6 cm³/mol. The van der Waals surface area contributed by atoms with Crippen molar-refractivity contribution in [2.75, 3.05) is 6.54 Å². The number of nitrogens with one attached hydrogen (secondary N) is 1. The van der Waals surface area contributed by atoms with E-state index in [1.807, 2.05) is 0 Å². The third-order valence-electron chi connectivity index (χ3n) is 4.56. The minimum Gasteiger partial charge on any atom is -0.478 e. The van der Waals surface area contributed by atoms with Gasteiger partial charge in [-0.3, -0.25) is 4.68 Å². The first kappa shape index (κ1) is 15.0. The molecule has 0 aromatic carbocycles. The third kappa shape index (κ3) is 3.60. The van der Waals surface area contributed by atoms with Gasteiger partial charge in [-0.05, 0) is 31.2 Å². The van der Waals surface area contributed by atoms with Gasteiger partial charge in [0.05, 0.1) is 11.9 Å². The van der Waals surface area contributed by atoms with Gasteiger partial charge in [0.2, 0.25) is 0 Å². The molecule has 1 saturated carbocycles. The summed E-state index contributed by atoms with van der Waals surface area (Å²) in [6.45, 7) is 3.82. The Labute approximate surface area is 120 Å². The molecule has 5 nitrogen and oxygen atoms in total. The summed E-state index contributed by atoms with van der Waals surface area (Å²) in [6, 6.07) is 0. The lowest BCUT2D eigenvalue weighted by atomic mass is 9.81. The van der Waals surface area contributed by atoms with E-state index in [4.69, 9.17) is 5.11 Å². The molecule has 112 valence electrons. The second-order valence-corrected chi connectivity index (χ2v) is 5.86. The topological polar surface area (TPSA) is 67.2 Å². The van der Waals surface area contributed by atoms with Crippen molar-refractivity contribution in [1.82, 2.24) is 15.1 Å². The number of aryl methyl sites for hydroxylation is 1. The summed E-state index contributed by atoms with van der Waals surface area (Å²) in [4.78, 5) is 11.1. The Morgan fingerprint density at radius 2 is 2.05 bits per heavy atom. The number of hydrogen-bond acceptors (Lipinski definition) is 3. The third-order valence-corrected chi connectivity index (χ3v) is 4.56. The minimum absolute atomic E-state index is 0.301. The fraction of sp³-hybridized carbons (Fsp3) is 0.733. The maximum Gasteiger partial charge on any atom is 0.339 e. The average Bonchev–Trinajstić information content (AvgIpc) is 2.81. The summed E-state index contributed by atoms with van der Waals surface area (Å²) < 4.78 is 1.64. The molecule has 2 N–H and O–H groups in total. The molecule has 0 saturated heterocycles. The highest BCUT2D eigenvalue weighted by Gasteiger charge is 2.20. The quantitative estimate of drug-likeness (QED) is 0.839. The molecule has 5 heteroatoms. The molecule has 0 amide bonds. The molecule has 0 aliphatic heterocycles. The minimum atomic E-state index is -0.904. The number of carboxylic acids is 1. The highest BCUT2D eigenvalue weighted by molar-refractivity contribution is 5.88. The van der Waals surface area contributed by atoms with Crippen LogP contribution in [0.15, 0.2) is 6.20 Å². The zero-order valence-corrected chi connectivity index (χ0v) is 12.4. The molecule has 1 aliphatic rings. The Hall–Kier alpha value is -1.36. The molecule has 2 rings (SSSR count). The summed E-state index contributed by atoms with van der Waals surface area (Å²) in [7, 11) is 1.79. The summed E-state index contributed by atoms with van der Waals surface area (Å²) in [5.41, 5.74) is 1.05. The Bertz CT molecular complexity index is 448. The van der Waals surface area contributed by atoms with Crippen molar-refractivity contribution in [3.8, 4) is 0 Å². The van der Waals surface area contributed by atoms with Crippen LogP contribution in [0, 0.1) is 11.8 Å². The Balaban J connectivity index is 1.79. The van der Waals surface area contributed by atoms with Gasteiger partial charge >= 0.3 is 5.97 Å². The number of aromatic carboxylic acids is 1. The normalized spacial score (nSPS) is 22.9. The van der Waals surface area contributed by atoms with E-state index in [2.05, 4.69) is 17.3 Å². The van der Waals surface area contributed by atoms with Crippen LogP contribution in [0.5, 0.6) is 0 Å². The summed E-state index contributed by atoms with van der Waals surface area (Å²) in [6.07, 6.45) is 8.00. The van der Waals surface area contributed by atoms with Gasteiger partial charge in [0.1, 0.15) is 5.56 Å². The van der Waals surface area contributed by atoms with Gasteiger partial charge < -0.3 is 10.4 Å². The fourth-order valence-corrected chi connectivity index (χ4v) is 3.09. The van der Waals surface area contributed by atoms with Gasteiger partial charge in [-0.25, -0.2) is 4.79 Å². The molecule has 1 heterocycles. The number of aromatic nitrogens is 2. The van der Waals surface area contributed by atoms with Crippen LogP contribution in [-0.2, 0) is 13.6 Å². The van der Waals surface area contributed by atoms with E-state index in [0.717, 1.165) is 24.1 Å². The van der Waals surface area contributed by atoms with Gasteiger partial charge in [0.25, 0.3) is 0 Å². The van der Waals surface area contributed by atoms with Crippen LogP contribution in [0.2, 0.25) is 0 Å². The fourth-order valence-electron chi connectivity index (χ4n) is 3.09. The van der Waals surface area contributed by atoms with Gasteiger partial charge in [-0.2, -0.15) is 5.10 Å². The molecule has 1 fully saturated rings. The number of carbonyl (C=O) groups is 1. The van der Waals surface area contributed by atoms with Crippen LogP contribution in [0.3, 0.4) is 0 Å². The van der Waals surface area contributed by atoms with Gasteiger partial charge in [0, 0.05) is 13.6 Å². The second-order valence-electron chi connectivity index (χ2n) is 5.86. The van der Waals surface area contributed by atoms with E-state index in [9.17, 15) is 4.79 Å². The van der Waals surface area contributed by atoms with Crippen molar-refractivity contribution in [3.05, 3.63) is 17.5 Å². The van der Waals surface area contributed by atoms with Crippen LogP contribution in [-0.4, -0.2) is 27.4 Å². The lowest BCUT2D eigenvalue weighted by Crippen LogP contribution is -2.27. The SMILES string of the molecule is CCC1CCC(CNCc2c(C(=O)O)cnn2C)CC1. The molecule has 1 aromatic rings. The van der Waals surface area contributed by atoms with Crippen LogP contribution in [0.1, 0.15) is 55.1 Å². The molecule has 0 unspecified atom stereocenters. The number of carboxylic acid groups (broad SMARTS) is 1. The summed E-state index contributed by atoms with van der Waals surface area (Å²) >= 11 is 0. The number of rotatable bonds is 6. The van der Waals surface area contributed by atoms with E-state index in [-0.39, 0.29) is 0 Å². The van der Waals surface area contributed by atoms with Crippen LogP contribution in [0.25, 0.3) is 0 Å². The smallest absolute Gasteiger partial charge is 0.339 e. The van der Waals surface area contributed by atoms with Crippen molar-refractivity contribution >= 4 is 5.97 Å². The van der Waals surface area contributed by atoms with E-state index in [0.29, 0.717) is 12.1 Å².